The number of carboxylic acid groups (broad SMARTS) is 1. The molecule has 3 heterocycles. The Bertz CT molecular complexity index is 898. The summed E-state index contributed by atoms with van der Waals surface area (Å²) < 4.78 is 0. The number of thiazole rings is 1. The molecule has 1 saturated heterocycles. The maximum Gasteiger partial charge on any atom is 1.00 e. The molecule has 1 aromatic heterocycles. The number of nitrogen functional groups attached to an aromatic ring is 1. The number of aliphatic hydroxyl groups excluding tert-OH is 1. The number of nitrogens with two attached hydrogens (primary N) is 2. The van der Waals surface area contributed by atoms with Crippen molar-refractivity contribution in [3.8, 4) is 0 Å². The Labute approximate surface area is 191 Å². The van der Waals surface area contributed by atoms with Crippen LogP contribution in [0.3, 0.4) is 0 Å². The minimum absolute atomic E-state index is 0. The zero-order valence-electron chi connectivity index (χ0n) is 15.4. The first-order valence-corrected chi connectivity index (χ1v) is 9.70. The molecule has 0 saturated carbocycles. The Morgan fingerprint density at radius 3 is 2.64 bits per heavy atom. The van der Waals surface area contributed by atoms with Crippen molar-refractivity contribution >= 4 is 52.1 Å². The number of rotatable bonds is 6. The Balaban J connectivity index is 0.00000280. The third kappa shape index (κ3) is 3.74. The molecule has 5 N–H and O–H groups in total. The molecule has 12 heteroatoms. The van der Waals surface area contributed by atoms with E-state index in [0.717, 1.165) is 23.1 Å². The van der Waals surface area contributed by atoms with Gasteiger partial charge in [-0.25, -0.2) is 4.98 Å². The van der Waals surface area contributed by atoms with Gasteiger partial charge in [0, 0.05) is 10.8 Å². The van der Waals surface area contributed by atoms with Gasteiger partial charge < -0.3 is 31.4 Å². The molecule has 1 fully saturated rings. The predicted molar refractivity (Wildman–Crippen MR) is 98.7 cm³/mol. The molecule has 2 amide bonds. The van der Waals surface area contributed by atoms with Crippen molar-refractivity contribution in [1.82, 2.24) is 9.88 Å². The van der Waals surface area contributed by atoms with Crippen LogP contribution >= 0.6 is 23.1 Å². The number of anilines is 1. The molecule has 0 unspecified atom stereocenters. The summed E-state index contributed by atoms with van der Waals surface area (Å²) in [5.41, 5.74) is 10.7. The summed E-state index contributed by atoms with van der Waals surface area (Å²) >= 11 is 2.18. The van der Waals surface area contributed by atoms with Crippen LogP contribution in [0.15, 0.2) is 16.0 Å². The number of hydrogen-bond donors (Lipinski definition) is 3. The number of thioether (sulfide) groups is 1. The Morgan fingerprint density at radius 2 is 2.11 bits per heavy atom. The number of hydrogen-bond acceptors (Lipinski definition) is 9. The van der Waals surface area contributed by atoms with E-state index in [1.807, 2.05) is 0 Å². The molecule has 0 aliphatic carbocycles. The number of aliphatic hydroxyl groups is 1. The molecule has 2 aliphatic heterocycles. The van der Waals surface area contributed by atoms with Crippen molar-refractivity contribution < 1.29 is 54.2 Å². The molecule has 4 atom stereocenters. The fourth-order valence-corrected chi connectivity index (χ4v) is 5.30. The number of carboxylic acids is 1. The van der Waals surface area contributed by atoms with Gasteiger partial charge in [-0.2, -0.15) is 0 Å². The van der Waals surface area contributed by atoms with E-state index in [1.54, 1.807) is 18.4 Å². The van der Waals surface area contributed by atoms with Gasteiger partial charge in [-0.3, -0.25) is 9.59 Å². The van der Waals surface area contributed by atoms with Gasteiger partial charge in [0.1, 0.15) is 5.69 Å². The number of aromatic nitrogens is 1. The predicted octanol–water partition coefficient (Wildman–Crippen LogP) is -3.65. The van der Waals surface area contributed by atoms with Gasteiger partial charge in [-0.15, -0.1) is 0 Å². The number of fused-ring (bicyclic) bond motifs is 1. The monoisotopic (exact) mass is 432 g/mol. The normalized spacial score (nSPS) is 24.8. The third-order valence-electron chi connectivity index (χ3n) is 4.62. The summed E-state index contributed by atoms with van der Waals surface area (Å²) in [6, 6.07) is -0.415. The molecule has 144 valence electrons. The molecule has 0 aromatic carbocycles. The number of nitrogens with zero attached hydrogens (tertiary/aromatic N) is 2. The van der Waals surface area contributed by atoms with Crippen molar-refractivity contribution in [2.45, 2.75) is 26.0 Å². The van der Waals surface area contributed by atoms with Crippen LogP contribution in [-0.2, 0) is 9.59 Å². The molecule has 3 rings (SSSR count). The maximum absolute atomic E-state index is 12.2. The molecule has 9 nitrogen and oxygen atoms in total. The van der Waals surface area contributed by atoms with E-state index in [0.29, 0.717) is 9.78 Å². The van der Waals surface area contributed by atoms with Crippen molar-refractivity contribution in [2.24, 2.45) is 17.6 Å². The van der Waals surface area contributed by atoms with E-state index in [9.17, 15) is 24.6 Å². The fraction of sp³-hybridized carbons (Fsp3) is 0.375. The molecule has 0 spiro atoms. The molecule has 0 radical (unpaired) electrons. The topological polar surface area (TPSA) is 163 Å². The van der Waals surface area contributed by atoms with E-state index >= 15 is 0 Å². The molecule has 2 aliphatic rings. The van der Waals surface area contributed by atoms with Gasteiger partial charge in [0.15, 0.2) is 5.13 Å². The van der Waals surface area contributed by atoms with E-state index in [-0.39, 0.29) is 52.0 Å². The molecule has 28 heavy (non-hydrogen) atoms. The fourth-order valence-electron chi connectivity index (χ4n) is 3.48. The summed E-state index contributed by atoms with van der Waals surface area (Å²) in [5.74, 6) is -3.51. The summed E-state index contributed by atoms with van der Waals surface area (Å²) in [4.78, 5) is 41.2. The van der Waals surface area contributed by atoms with Crippen LogP contribution in [0.2, 0.25) is 0 Å². The second-order valence-corrected chi connectivity index (χ2v) is 8.31. The molecule has 1 aromatic rings. The van der Waals surface area contributed by atoms with Gasteiger partial charge in [-0.05, 0) is 18.4 Å². The van der Waals surface area contributed by atoms with Crippen molar-refractivity contribution in [3.05, 3.63) is 26.6 Å². The van der Waals surface area contributed by atoms with E-state index in [4.69, 9.17) is 11.5 Å². The van der Waals surface area contributed by atoms with Crippen molar-refractivity contribution in [2.75, 3.05) is 5.73 Å². The largest absolute Gasteiger partial charge is 1.00 e. The van der Waals surface area contributed by atoms with Crippen LogP contribution in [0, 0.1) is 11.8 Å². The zero-order valence-corrected chi connectivity index (χ0v) is 19.0. The minimum Gasteiger partial charge on any atom is -0.543 e. The number of carbonyl (C=O) groups is 3. The first-order chi connectivity index (χ1) is 12.6. The van der Waals surface area contributed by atoms with Crippen molar-refractivity contribution in [1.29, 1.82) is 0 Å². The van der Waals surface area contributed by atoms with Crippen LogP contribution in [0.1, 0.15) is 29.2 Å². The quantitative estimate of drug-likeness (QED) is 0.306. The Kier molecular flexibility index (Phi) is 7.00. The number of primary amides is 1. The summed E-state index contributed by atoms with van der Waals surface area (Å²) in [5, 5.41) is 23.2. The summed E-state index contributed by atoms with van der Waals surface area (Å²) in [6.45, 7) is 3.31. The van der Waals surface area contributed by atoms with Crippen LogP contribution in [0.4, 0.5) is 5.13 Å². The average Bonchev–Trinajstić information content (AvgIpc) is 3.04. The first kappa shape index (κ1) is 22.9. The standard InChI is InChI=1S/C16H18N4O5S2.Na/c1-5-10-8(6(2)21)14(23)20(10)11(15(24)25)12(5)26-4-3-7-9(13(17)22)19-16(18)27-7;/h3-6,8,10,21H,1-2H3,(H2,17,22)(H2,18,19)(H,24,25);/q;+1/p-1/b4-3-;/t5-,6-,8-,10-;/m1./s1. The number of carbonyl (C=O) groups excluding carboxylic acids is 3. The van der Waals surface area contributed by atoms with Crippen LogP contribution < -0.4 is 46.1 Å². The van der Waals surface area contributed by atoms with Gasteiger partial charge >= 0.3 is 29.6 Å². The smallest absolute Gasteiger partial charge is 0.543 e. The SMILES string of the molecule is C[C@@H](O)[C@H]1C(=O)N2C(C(=O)[O-])=C(S/C=C\c3sc(N)nc3C(N)=O)[C@H](C)[C@H]12.[Na+]. The van der Waals surface area contributed by atoms with Crippen LogP contribution in [0.5, 0.6) is 0 Å². The average molecular weight is 432 g/mol. The molecular formula is C16H17N4NaO5S2. The van der Waals surface area contributed by atoms with E-state index in [2.05, 4.69) is 4.98 Å². The molecule has 0 bridgehead atoms. The number of aliphatic carboxylic acids is 1. The summed E-state index contributed by atoms with van der Waals surface area (Å²) in [6.07, 6.45) is 0.692. The zero-order chi connectivity index (χ0) is 20.0. The number of amides is 2. The molecular weight excluding hydrogens is 415 g/mol. The van der Waals surface area contributed by atoms with E-state index in [1.165, 1.54) is 11.8 Å². The van der Waals surface area contributed by atoms with Crippen LogP contribution in [0.25, 0.3) is 6.08 Å². The van der Waals surface area contributed by atoms with Gasteiger partial charge in [0.05, 0.1) is 34.6 Å². The van der Waals surface area contributed by atoms with Crippen LogP contribution in [-0.4, -0.2) is 44.9 Å². The van der Waals surface area contributed by atoms with Gasteiger partial charge in [0.25, 0.3) is 5.91 Å². The van der Waals surface area contributed by atoms with Crippen molar-refractivity contribution in [3.63, 3.8) is 0 Å². The van der Waals surface area contributed by atoms with E-state index < -0.39 is 35.8 Å². The Morgan fingerprint density at radius 1 is 1.46 bits per heavy atom. The first-order valence-electron chi connectivity index (χ1n) is 8.01. The van der Waals surface area contributed by atoms with Gasteiger partial charge in [-0.1, -0.05) is 30.0 Å². The Hall–Kier alpha value is -1.37. The summed E-state index contributed by atoms with van der Waals surface area (Å²) in [7, 11) is 0. The number of β-lactam (4-membered cyclic amide) rings is 1. The minimum atomic E-state index is -1.45. The maximum atomic E-state index is 12.2. The second-order valence-electron chi connectivity index (χ2n) is 6.30. The third-order valence-corrected chi connectivity index (χ3v) is 6.56. The second kappa shape index (κ2) is 8.56. The van der Waals surface area contributed by atoms with Gasteiger partial charge in [0.2, 0.25) is 5.91 Å².